The van der Waals surface area contributed by atoms with Gasteiger partial charge in [0, 0.05) is 53.1 Å². The standard InChI is InChI=1S/C36H22N2S/c1-5-16-30-25(12-1)26-13-2-6-17-31(26)37(30)23-10-9-11-24(22-23)38-32-18-7-3-15-29(32)35-33(38)21-20-28-27-14-4-8-19-34(27)39-36(28)35/h1-22H. The zero-order chi connectivity index (χ0) is 25.5. The first-order valence-corrected chi connectivity index (χ1v) is 14.1. The molecular weight excluding hydrogens is 492 g/mol. The second kappa shape index (κ2) is 7.83. The van der Waals surface area contributed by atoms with Gasteiger partial charge in [-0.25, -0.2) is 0 Å². The van der Waals surface area contributed by atoms with E-state index in [4.69, 9.17) is 0 Å². The fourth-order valence-corrected chi connectivity index (χ4v) is 7.74. The molecule has 0 aliphatic heterocycles. The molecule has 182 valence electrons. The molecule has 0 bridgehead atoms. The summed E-state index contributed by atoms with van der Waals surface area (Å²) in [6.07, 6.45) is 0. The number of hydrogen-bond acceptors (Lipinski definition) is 1. The number of rotatable bonds is 2. The number of hydrogen-bond donors (Lipinski definition) is 0. The van der Waals surface area contributed by atoms with E-state index in [1.54, 1.807) is 0 Å². The van der Waals surface area contributed by atoms with Crippen LogP contribution in [0.1, 0.15) is 0 Å². The fraction of sp³-hybridized carbons (Fsp3) is 0. The van der Waals surface area contributed by atoms with Crippen LogP contribution in [0.2, 0.25) is 0 Å². The largest absolute Gasteiger partial charge is 0.309 e. The van der Waals surface area contributed by atoms with Crippen molar-refractivity contribution in [1.29, 1.82) is 0 Å². The van der Waals surface area contributed by atoms with E-state index in [2.05, 4.69) is 143 Å². The molecule has 0 amide bonds. The van der Waals surface area contributed by atoms with Gasteiger partial charge in [0.2, 0.25) is 0 Å². The van der Waals surface area contributed by atoms with Gasteiger partial charge in [-0.3, -0.25) is 0 Å². The first kappa shape index (κ1) is 21.1. The van der Waals surface area contributed by atoms with E-state index in [-0.39, 0.29) is 0 Å². The van der Waals surface area contributed by atoms with E-state index >= 15 is 0 Å². The molecule has 9 rings (SSSR count). The summed E-state index contributed by atoms with van der Waals surface area (Å²) in [6.45, 7) is 0. The number of para-hydroxylation sites is 3. The van der Waals surface area contributed by atoms with Crippen LogP contribution in [0.5, 0.6) is 0 Å². The third-order valence-electron chi connectivity index (χ3n) is 8.11. The SMILES string of the molecule is c1cc(-n2c3ccccc3c3ccccc32)cc(-n2c3ccccc3c3c4sc5ccccc5c4ccc32)c1. The van der Waals surface area contributed by atoms with Crippen molar-refractivity contribution in [2.45, 2.75) is 0 Å². The lowest BCUT2D eigenvalue weighted by atomic mass is 10.1. The minimum absolute atomic E-state index is 1.17. The highest BCUT2D eigenvalue weighted by molar-refractivity contribution is 7.26. The molecule has 3 aromatic heterocycles. The maximum atomic E-state index is 2.44. The molecule has 0 radical (unpaired) electrons. The van der Waals surface area contributed by atoms with Gasteiger partial charge in [-0.05, 0) is 48.5 Å². The quantitative estimate of drug-likeness (QED) is 0.217. The van der Waals surface area contributed by atoms with Crippen molar-refractivity contribution in [3.8, 4) is 11.4 Å². The minimum Gasteiger partial charge on any atom is -0.309 e. The Morgan fingerprint density at radius 2 is 0.923 bits per heavy atom. The van der Waals surface area contributed by atoms with Crippen molar-refractivity contribution in [2.24, 2.45) is 0 Å². The van der Waals surface area contributed by atoms with E-state index in [1.165, 1.54) is 75.2 Å². The molecule has 9 aromatic rings. The van der Waals surface area contributed by atoms with Gasteiger partial charge in [0.15, 0.2) is 0 Å². The van der Waals surface area contributed by atoms with Crippen molar-refractivity contribution in [3.05, 3.63) is 133 Å². The lowest BCUT2D eigenvalue weighted by Crippen LogP contribution is -1.98. The lowest BCUT2D eigenvalue weighted by Gasteiger charge is -2.12. The molecule has 0 aliphatic carbocycles. The normalized spacial score (nSPS) is 12.1. The molecule has 0 aliphatic rings. The van der Waals surface area contributed by atoms with Crippen molar-refractivity contribution in [3.63, 3.8) is 0 Å². The molecular formula is C36H22N2S. The molecule has 6 aromatic carbocycles. The smallest absolute Gasteiger partial charge is 0.0555 e. The number of benzene rings is 6. The number of nitrogens with zero attached hydrogens (tertiary/aromatic N) is 2. The number of aromatic nitrogens is 2. The van der Waals surface area contributed by atoms with Crippen LogP contribution in [0.25, 0.3) is 75.2 Å². The number of thiophene rings is 1. The first-order chi connectivity index (χ1) is 19.4. The van der Waals surface area contributed by atoms with Gasteiger partial charge in [0.25, 0.3) is 0 Å². The molecule has 2 nitrogen and oxygen atoms in total. The average Bonchev–Trinajstić information content (AvgIpc) is 3.65. The highest BCUT2D eigenvalue weighted by Gasteiger charge is 2.18. The van der Waals surface area contributed by atoms with Crippen LogP contribution >= 0.6 is 11.3 Å². The first-order valence-electron chi connectivity index (χ1n) is 13.3. The molecule has 0 saturated carbocycles. The van der Waals surface area contributed by atoms with E-state index in [1.807, 2.05) is 11.3 Å². The summed E-state index contributed by atoms with van der Waals surface area (Å²) in [4.78, 5) is 0. The molecule has 3 heteroatoms. The Kier molecular flexibility index (Phi) is 4.24. The summed E-state index contributed by atoms with van der Waals surface area (Å²) >= 11 is 1.90. The number of fused-ring (bicyclic) bond motifs is 10. The average molecular weight is 515 g/mol. The van der Waals surface area contributed by atoms with Gasteiger partial charge in [0.1, 0.15) is 0 Å². The Morgan fingerprint density at radius 3 is 1.62 bits per heavy atom. The monoisotopic (exact) mass is 514 g/mol. The predicted octanol–water partition coefficient (Wildman–Crippen LogP) is 10.2. The Bertz CT molecular complexity index is 2350. The highest BCUT2D eigenvalue weighted by Crippen LogP contribution is 2.43. The van der Waals surface area contributed by atoms with Gasteiger partial charge in [-0.1, -0.05) is 84.9 Å². The molecule has 0 atom stereocenters. The van der Waals surface area contributed by atoms with E-state index < -0.39 is 0 Å². The molecule has 0 fully saturated rings. The fourth-order valence-electron chi connectivity index (χ4n) is 6.48. The zero-order valence-corrected chi connectivity index (χ0v) is 21.8. The van der Waals surface area contributed by atoms with Gasteiger partial charge < -0.3 is 9.13 Å². The Morgan fingerprint density at radius 1 is 0.385 bits per heavy atom. The molecule has 0 N–H and O–H groups in total. The van der Waals surface area contributed by atoms with Crippen LogP contribution in [0.3, 0.4) is 0 Å². The van der Waals surface area contributed by atoms with Crippen LogP contribution in [0.15, 0.2) is 133 Å². The van der Waals surface area contributed by atoms with Crippen LogP contribution < -0.4 is 0 Å². The summed E-state index contributed by atoms with van der Waals surface area (Å²) in [5.74, 6) is 0. The Labute approximate surface area is 228 Å². The zero-order valence-electron chi connectivity index (χ0n) is 21.0. The van der Waals surface area contributed by atoms with Crippen LogP contribution in [-0.2, 0) is 0 Å². The maximum Gasteiger partial charge on any atom is 0.0555 e. The van der Waals surface area contributed by atoms with Crippen LogP contribution in [0, 0.1) is 0 Å². The van der Waals surface area contributed by atoms with Crippen molar-refractivity contribution in [2.75, 3.05) is 0 Å². The third kappa shape index (κ3) is 2.85. The van der Waals surface area contributed by atoms with Crippen molar-refractivity contribution < 1.29 is 0 Å². The highest BCUT2D eigenvalue weighted by atomic mass is 32.1. The molecule has 0 saturated heterocycles. The second-order valence-corrected chi connectivity index (χ2v) is 11.2. The molecule has 39 heavy (non-hydrogen) atoms. The van der Waals surface area contributed by atoms with Gasteiger partial charge in [0.05, 0.1) is 22.1 Å². The summed E-state index contributed by atoms with van der Waals surface area (Å²) in [5, 5.41) is 7.87. The Hall–Kier alpha value is -4.86. The van der Waals surface area contributed by atoms with E-state index in [9.17, 15) is 0 Å². The summed E-state index contributed by atoms with van der Waals surface area (Å²) in [7, 11) is 0. The van der Waals surface area contributed by atoms with Gasteiger partial charge in [-0.15, -0.1) is 11.3 Å². The van der Waals surface area contributed by atoms with E-state index in [0.29, 0.717) is 0 Å². The van der Waals surface area contributed by atoms with Crippen LogP contribution in [0.4, 0.5) is 0 Å². The summed E-state index contributed by atoms with van der Waals surface area (Å²) < 4.78 is 7.53. The molecule has 0 spiro atoms. The van der Waals surface area contributed by atoms with Gasteiger partial charge >= 0.3 is 0 Å². The van der Waals surface area contributed by atoms with E-state index in [0.717, 1.165) is 0 Å². The maximum absolute atomic E-state index is 2.44. The molecule has 3 heterocycles. The van der Waals surface area contributed by atoms with Crippen molar-refractivity contribution in [1.82, 2.24) is 9.13 Å². The third-order valence-corrected chi connectivity index (χ3v) is 9.31. The van der Waals surface area contributed by atoms with Crippen LogP contribution in [-0.4, -0.2) is 9.13 Å². The van der Waals surface area contributed by atoms with Gasteiger partial charge in [-0.2, -0.15) is 0 Å². The topological polar surface area (TPSA) is 9.86 Å². The summed E-state index contributed by atoms with van der Waals surface area (Å²) in [5.41, 5.74) is 7.27. The van der Waals surface area contributed by atoms with Crippen molar-refractivity contribution >= 4 is 75.1 Å². The summed E-state index contributed by atoms with van der Waals surface area (Å²) in [6, 6.07) is 48.6. The Balaban J connectivity index is 1.37. The second-order valence-electron chi connectivity index (χ2n) is 10.2. The predicted molar refractivity (Wildman–Crippen MR) is 168 cm³/mol. The lowest BCUT2D eigenvalue weighted by molar-refractivity contribution is 1.13. The molecule has 0 unspecified atom stereocenters. The minimum atomic E-state index is 1.17.